The van der Waals surface area contributed by atoms with Crippen molar-refractivity contribution in [2.75, 3.05) is 27.2 Å². The van der Waals surface area contributed by atoms with Gasteiger partial charge in [0.15, 0.2) is 0 Å². The Kier molecular flexibility index (Phi) is 4.99. The first-order valence-corrected chi connectivity index (χ1v) is 9.85. The molecule has 2 fully saturated rings. The van der Waals surface area contributed by atoms with Crippen molar-refractivity contribution in [2.45, 2.75) is 42.9 Å². The normalized spacial score (nSPS) is 27.1. The second-order valence-electron chi connectivity index (χ2n) is 6.84. The monoisotopic (exact) mass is 354 g/mol. The average Bonchev–Trinajstić information content (AvgIpc) is 2.60. The molecular weight excluding hydrogens is 328 g/mol. The Morgan fingerprint density at radius 1 is 1.29 bits per heavy atom. The van der Waals surface area contributed by atoms with E-state index >= 15 is 0 Å². The van der Waals surface area contributed by atoms with Crippen molar-refractivity contribution in [3.05, 3.63) is 29.8 Å². The van der Waals surface area contributed by atoms with Gasteiger partial charge in [-0.3, -0.25) is 4.90 Å². The topological polar surface area (TPSA) is 78.9 Å². The summed E-state index contributed by atoms with van der Waals surface area (Å²) in [4.78, 5) is 2.64. The summed E-state index contributed by atoms with van der Waals surface area (Å²) in [6, 6.07) is 7.02. The number of benzene rings is 1. The van der Waals surface area contributed by atoms with E-state index in [2.05, 4.69) is 9.62 Å². The lowest BCUT2D eigenvalue weighted by molar-refractivity contribution is -0.201. The molecule has 2 aliphatic rings. The SMILES string of the molecule is CNS(=O)(=O)c1ccc(CN2CCC3(CC2)[C@H](O)C[C@@H]3OC)cc1. The summed E-state index contributed by atoms with van der Waals surface area (Å²) in [5.74, 6) is 0. The van der Waals surface area contributed by atoms with E-state index in [9.17, 15) is 13.5 Å². The molecule has 2 atom stereocenters. The molecule has 0 radical (unpaired) electrons. The van der Waals surface area contributed by atoms with Gasteiger partial charge in [0, 0.05) is 25.5 Å². The fourth-order valence-corrected chi connectivity index (χ4v) is 4.72. The van der Waals surface area contributed by atoms with Gasteiger partial charge in [-0.25, -0.2) is 13.1 Å². The molecule has 2 N–H and O–H groups in total. The van der Waals surface area contributed by atoms with Gasteiger partial charge in [-0.2, -0.15) is 0 Å². The number of hydrogen-bond donors (Lipinski definition) is 2. The first kappa shape index (κ1) is 17.8. The highest BCUT2D eigenvalue weighted by Crippen LogP contribution is 2.50. The second kappa shape index (κ2) is 6.72. The third-order valence-electron chi connectivity index (χ3n) is 5.72. The first-order chi connectivity index (χ1) is 11.4. The number of ether oxygens (including phenoxy) is 1. The molecule has 1 saturated heterocycles. The minimum atomic E-state index is -3.38. The zero-order chi connectivity index (χ0) is 17.4. The van der Waals surface area contributed by atoms with Crippen LogP contribution in [0, 0.1) is 5.41 Å². The molecule has 24 heavy (non-hydrogen) atoms. The molecule has 0 bridgehead atoms. The Hall–Kier alpha value is -0.990. The fourth-order valence-electron chi connectivity index (χ4n) is 3.99. The summed E-state index contributed by atoms with van der Waals surface area (Å²) in [6.45, 7) is 2.64. The van der Waals surface area contributed by atoms with Crippen LogP contribution in [0.1, 0.15) is 24.8 Å². The molecule has 7 heteroatoms. The maximum Gasteiger partial charge on any atom is 0.240 e. The van der Waals surface area contributed by atoms with E-state index in [4.69, 9.17) is 4.74 Å². The van der Waals surface area contributed by atoms with Crippen molar-refractivity contribution < 1.29 is 18.3 Å². The zero-order valence-corrected chi connectivity index (χ0v) is 15.1. The molecule has 0 aromatic heterocycles. The van der Waals surface area contributed by atoms with Gasteiger partial charge in [0.2, 0.25) is 10.0 Å². The summed E-state index contributed by atoms with van der Waals surface area (Å²) in [5, 5.41) is 10.2. The Balaban J connectivity index is 1.59. The van der Waals surface area contributed by atoms with Gasteiger partial charge in [-0.05, 0) is 50.7 Å². The van der Waals surface area contributed by atoms with Crippen LogP contribution in [0.3, 0.4) is 0 Å². The predicted molar refractivity (Wildman–Crippen MR) is 91.1 cm³/mol. The largest absolute Gasteiger partial charge is 0.392 e. The molecule has 3 rings (SSSR count). The second-order valence-corrected chi connectivity index (χ2v) is 8.72. The van der Waals surface area contributed by atoms with Crippen molar-refractivity contribution in [3.8, 4) is 0 Å². The van der Waals surface area contributed by atoms with Crippen LogP contribution < -0.4 is 4.72 Å². The lowest BCUT2D eigenvalue weighted by atomic mass is 9.58. The molecule has 0 unspecified atom stereocenters. The number of piperidine rings is 1. The molecule has 1 heterocycles. The van der Waals surface area contributed by atoms with E-state index in [0.29, 0.717) is 0 Å². The van der Waals surface area contributed by atoms with Gasteiger partial charge in [0.25, 0.3) is 0 Å². The molecule has 1 saturated carbocycles. The highest BCUT2D eigenvalue weighted by atomic mass is 32.2. The standard InChI is InChI=1S/C17H26N2O4S/c1-18-24(21,22)14-5-3-13(4-6-14)12-19-9-7-17(8-10-19)15(20)11-16(17)23-2/h3-6,15-16,18,20H,7-12H2,1-2H3/t15-,16+/m1/s1. The van der Waals surface area contributed by atoms with Crippen LogP contribution in [0.25, 0.3) is 0 Å². The number of nitrogens with one attached hydrogen (secondary N) is 1. The highest BCUT2D eigenvalue weighted by Gasteiger charge is 2.55. The Bertz CT molecular complexity index is 666. The Morgan fingerprint density at radius 2 is 1.92 bits per heavy atom. The van der Waals surface area contributed by atoms with Crippen LogP contribution in [0.2, 0.25) is 0 Å². The predicted octanol–water partition coefficient (Wildman–Crippen LogP) is 0.956. The minimum Gasteiger partial charge on any atom is -0.392 e. The Labute approximate surface area is 143 Å². The van der Waals surface area contributed by atoms with Crippen molar-refractivity contribution in [1.29, 1.82) is 0 Å². The lowest BCUT2D eigenvalue weighted by Crippen LogP contribution is -2.61. The Morgan fingerprint density at radius 3 is 2.42 bits per heavy atom. The number of nitrogens with zero attached hydrogens (tertiary/aromatic N) is 1. The number of sulfonamides is 1. The van der Waals surface area contributed by atoms with E-state index < -0.39 is 10.0 Å². The molecule has 1 aliphatic heterocycles. The fraction of sp³-hybridized carbons (Fsp3) is 0.647. The summed E-state index contributed by atoms with van der Waals surface area (Å²) in [6.07, 6.45) is 2.58. The van der Waals surface area contributed by atoms with Crippen LogP contribution in [0.15, 0.2) is 29.2 Å². The highest BCUT2D eigenvalue weighted by molar-refractivity contribution is 7.89. The zero-order valence-electron chi connectivity index (χ0n) is 14.2. The third kappa shape index (κ3) is 3.11. The maximum absolute atomic E-state index is 11.7. The summed E-state index contributed by atoms with van der Waals surface area (Å²) in [5.41, 5.74) is 1.04. The van der Waals surface area contributed by atoms with Crippen LogP contribution in [-0.4, -0.2) is 57.9 Å². The maximum atomic E-state index is 11.7. The average molecular weight is 354 g/mol. The molecular formula is C17H26N2O4S. The van der Waals surface area contributed by atoms with E-state index in [0.717, 1.165) is 44.5 Å². The molecule has 1 aromatic carbocycles. The third-order valence-corrected chi connectivity index (χ3v) is 7.15. The summed E-state index contributed by atoms with van der Waals surface area (Å²) in [7, 11) is -0.240. The molecule has 1 spiro atoms. The van der Waals surface area contributed by atoms with Gasteiger partial charge in [-0.15, -0.1) is 0 Å². The first-order valence-electron chi connectivity index (χ1n) is 8.37. The number of likely N-dealkylation sites (tertiary alicyclic amines) is 1. The van der Waals surface area contributed by atoms with Gasteiger partial charge in [0.05, 0.1) is 17.1 Å². The van der Waals surface area contributed by atoms with E-state index in [1.165, 1.54) is 7.05 Å². The summed E-state index contributed by atoms with van der Waals surface area (Å²) >= 11 is 0. The minimum absolute atomic E-state index is 0.0595. The van der Waals surface area contributed by atoms with Gasteiger partial charge < -0.3 is 9.84 Å². The molecule has 1 aliphatic carbocycles. The van der Waals surface area contributed by atoms with Crippen LogP contribution in [0.5, 0.6) is 0 Å². The molecule has 1 aromatic rings. The van der Waals surface area contributed by atoms with Crippen molar-refractivity contribution in [1.82, 2.24) is 9.62 Å². The number of aliphatic hydroxyl groups is 1. The molecule has 6 nitrogen and oxygen atoms in total. The molecule has 0 amide bonds. The quantitative estimate of drug-likeness (QED) is 0.823. The van der Waals surface area contributed by atoms with Crippen LogP contribution >= 0.6 is 0 Å². The van der Waals surface area contributed by atoms with Gasteiger partial charge in [0.1, 0.15) is 0 Å². The van der Waals surface area contributed by atoms with Gasteiger partial charge in [-0.1, -0.05) is 12.1 Å². The molecule has 134 valence electrons. The van der Waals surface area contributed by atoms with Crippen LogP contribution in [0.4, 0.5) is 0 Å². The number of aliphatic hydroxyl groups excluding tert-OH is 1. The van der Waals surface area contributed by atoms with E-state index in [-0.39, 0.29) is 22.5 Å². The van der Waals surface area contributed by atoms with Gasteiger partial charge >= 0.3 is 0 Å². The number of rotatable bonds is 5. The van der Waals surface area contributed by atoms with Crippen molar-refractivity contribution >= 4 is 10.0 Å². The smallest absolute Gasteiger partial charge is 0.240 e. The van der Waals surface area contributed by atoms with Crippen LogP contribution in [-0.2, 0) is 21.3 Å². The van der Waals surface area contributed by atoms with E-state index in [1.807, 2.05) is 12.1 Å². The number of methoxy groups -OCH3 is 1. The lowest BCUT2D eigenvalue weighted by Gasteiger charge is -2.56. The van der Waals surface area contributed by atoms with E-state index in [1.54, 1.807) is 19.2 Å². The van der Waals surface area contributed by atoms with Crippen molar-refractivity contribution in [3.63, 3.8) is 0 Å². The summed E-state index contributed by atoms with van der Waals surface area (Å²) < 4.78 is 31.3. The number of hydrogen-bond acceptors (Lipinski definition) is 5. The van der Waals surface area contributed by atoms with Crippen molar-refractivity contribution in [2.24, 2.45) is 5.41 Å².